The molecular formula is C22H29N7O. The van der Waals surface area contributed by atoms with Crippen LogP contribution in [0.15, 0.2) is 59.7 Å². The summed E-state index contributed by atoms with van der Waals surface area (Å²) in [5, 5.41) is 13.0. The maximum Gasteiger partial charge on any atom is 0.238 e. The third-order valence-electron chi connectivity index (χ3n) is 4.64. The minimum absolute atomic E-state index is 0.216. The minimum atomic E-state index is 0.216. The highest BCUT2D eigenvalue weighted by Crippen LogP contribution is 2.25. The number of aliphatic hydroxyl groups is 1. The summed E-state index contributed by atoms with van der Waals surface area (Å²) in [5.41, 5.74) is 2.62. The molecule has 0 unspecified atom stereocenters. The van der Waals surface area contributed by atoms with Crippen LogP contribution in [0.4, 0.5) is 11.8 Å². The molecule has 30 heavy (non-hydrogen) atoms. The number of aromatic nitrogens is 4. The van der Waals surface area contributed by atoms with E-state index in [1.807, 2.05) is 29.7 Å². The number of allylic oxidation sites excluding steroid dienone is 4. The highest BCUT2D eigenvalue weighted by Gasteiger charge is 2.16. The maximum atomic E-state index is 9.64. The monoisotopic (exact) mass is 407 g/mol. The Morgan fingerprint density at radius 3 is 2.93 bits per heavy atom. The normalized spacial score (nSPS) is 14.1. The number of anilines is 2. The molecule has 0 atom stereocenters. The van der Waals surface area contributed by atoms with Crippen LogP contribution in [0.3, 0.4) is 0 Å². The Kier molecular flexibility index (Phi) is 7.00. The van der Waals surface area contributed by atoms with Gasteiger partial charge >= 0.3 is 0 Å². The van der Waals surface area contributed by atoms with Crippen LogP contribution in [0.2, 0.25) is 0 Å². The van der Waals surface area contributed by atoms with Gasteiger partial charge in [-0.2, -0.15) is 9.97 Å². The van der Waals surface area contributed by atoms with E-state index < -0.39 is 0 Å². The number of imidazole rings is 1. The standard InChI is InChI=1S/C22H29N7O/c1-5-23-14-28(6-2)22-26-20(19-21(27-22)29(15-25-19)16(3)4)24-13-12-17-8-7-9-18(30)11-10-17/h6-8,10-11,14-16,30H,2,5,9,12-13H2,1,3-4H3,(H,24,26,27)/b23-14-. The molecule has 2 aromatic rings. The number of hydrogen-bond donors (Lipinski definition) is 2. The van der Waals surface area contributed by atoms with Gasteiger partial charge in [-0.05, 0) is 38.8 Å². The van der Waals surface area contributed by atoms with Crippen molar-refractivity contribution in [1.29, 1.82) is 0 Å². The summed E-state index contributed by atoms with van der Waals surface area (Å²) in [6, 6.07) is 0.216. The molecule has 3 rings (SSSR count). The molecule has 1 aliphatic carbocycles. The lowest BCUT2D eigenvalue weighted by Gasteiger charge is -2.15. The first-order valence-electron chi connectivity index (χ1n) is 10.2. The fourth-order valence-electron chi connectivity index (χ4n) is 3.02. The zero-order valence-electron chi connectivity index (χ0n) is 17.8. The van der Waals surface area contributed by atoms with Gasteiger partial charge in [0, 0.05) is 31.8 Å². The van der Waals surface area contributed by atoms with Crippen LogP contribution in [0, 0.1) is 0 Å². The molecule has 0 bridgehead atoms. The van der Waals surface area contributed by atoms with Gasteiger partial charge in [0.1, 0.15) is 0 Å². The first-order valence-corrected chi connectivity index (χ1v) is 10.2. The molecule has 0 radical (unpaired) electrons. The van der Waals surface area contributed by atoms with Gasteiger partial charge in [-0.25, -0.2) is 4.98 Å². The molecule has 158 valence electrons. The molecule has 0 saturated heterocycles. The minimum Gasteiger partial charge on any atom is -0.512 e. The third kappa shape index (κ3) is 4.94. The number of nitrogens with zero attached hydrogens (tertiary/aromatic N) is 6. The van der Waals surface area contributed by atoms with Crippen LogP contribution < -0.4 is 10.2 Å². The highest BCUT2D eigenvalue weighted by atomic mass is 16.3. The second kappa shape index (κ2) is 9.87. The molecule has 8 nitrogen and oxygen atoms in total. The largest absolute Gasteiger partial charge is 0.512 e. The lowest BCUT2D eigenvalue weighted by Crippen LogP contribution is -2.18. The van der Waals surface area contributed by atoms with E-state index in [1.165, 1.54) is 0 Å². The summed E-state index contributed by atoms with van der Waals surface area (Å²) >= 11 is 0. The lowest BCUT2D eigenvalue weighted by molar-refractivity contribution is 0.402. The second-order valence-electron chi connectivity index (χ2n) is 7.18. The van der Waals surface area contributed by atoms with Gasteiger partial charge < -0.3 is 15.0 Å². The Morgan fingerprint density at radius 2 is 2.20 bits per heavy atom. The topological polar surface area (TPSA) is 91.5 Å². The third-order valence-corrected chi connectivity index (χ3v) is 4.64. The maximum absolute atomic E-state index is 9.64. The Balaban J connectivity index is 1.90. The van der Waals surface area contributed by atoms with Gasteiger partial charge in [-0.1, -0.05) is 24.8 Å². The van der Waals surface area contributed by atoms with Crippen molar-refractivity contribution in [2.45, 2.75) is 39.7 Å². The van der Waals surface area contributed by atoms with Gasteiger partial charge in [0.2, 0.25) is 5.95 Å². The molecule has 2 aromatic heterocycles. The van der Waals surface area contributed by atoms with Crippen molar-refractivity contribution in [1.82, 2.24) is 19.5 Å². The number of aliphatic hydroxyl groups excluding tert-OH is 1. The highest BCUT2D eigenvalue weighted by molar-refractivity contribution is 5.87. The van der Waals surface area contributed by atoms with Crippen molar-refractivity contribution in [2.75, 3.05) is 23.3 Å². The summed E-state index contributed by atoms with van der Waals surface area (Å²) in [6.07, 6.45) is 14.1. The number of rotatable bonds is 9. The second-order valence-corrected chi connectivity index (χ2v) is 7.18. The molecule has 0 amide bonds. The number of aliphatic imine (C=N–C) groups is 1. The lowest BCUT2D eigenvalue weighted by atomic mass is 10.1. The molecule has 0 saturated carbocycles. The average molecular weight is 408 g/mol. The van der Waals surface area contributed by atoms with Gasteiger partial charge in [-0.3, -0.25) is 9.89 Å². The summed E-state index contributed by atoms with van der Waals surface area (Å²) in [5.74, 6) is 1.53. The van der Waals surface area contributed by atoms with Gasteiger partial charge in [-0.15, -0.1) is 0 Å². The smallest absolute Gasteiger partial charge is 0.238 e. The number of nitrogens with one attached hydrogen (secondary N) is 1. The molecule has 2 heterocycles. The Bertz CT molecular complexity index is 1010. The van der Waals surface area contributed by atoms with Gasteiger partial charge in [0.05, 0.1) is 18.4 Å². The van der Waals surface area contributed by atoms with E-state index in [-0.39, 0.29) is 6.04 Å². The molecule has 2 N–H and O–H groups in total. The fourth-order valence-corrected chi connectivity index (χ4v) is 3.02. The number of hydrogen-bond acceptors (Lipinski definition) is 6. The van der Waals surface area contributed by atoms with Crippen molar-refractivity contribution in [3.05, 3.63) is 54.7 Å². The van der Waals surface area contributed by atoms with Crippen LogP contribution in [-0.2, 0) is 0 Å². The van der Waals surface area contributed by atoms with E-state index >= 15 is 0 Å². The van der Waals surface area contributed by atoms with Crippen LogP contribution in [-0.4, -0.2) is 44.1 Å². The SMILES string of the molecule is C=CN(/C=N\CC)c1nc(NCCC2=CC=C(O)CC=C2)c2ncn(C(C)C)c2n1. The Morgan fingerprint density at radius 1 is 1.37 bits per heavy atom. The van der Waals surface area contributed by atoms with Crippen molar-refractivity contribution < 1.29 is 5.11 Å². The zero-order valence-corrected chi connectivity index (χ0v) is 17.8. The average Bonchev–Trinajstić information content (AvgIpc) is 3.06. The van der Waals surface area contributed by atoms with Crippen molar-refractivity contribution in [3.63, 3.8) is 0 Å². The Labute approximate surface area is 177 Å². The Hall–Kier alpha value is -3.42. The molecule has 0 aromatic carbocycles. The van der Waals surface area contributed by atoms with Crippen molar-refractivity contribution in [3.8, 4) is 0 Å². The molecule has 0 spiro atoms. The quantitative estimate of drug-likeness (QED) is 0.468. The molecule has 1 aliphatic rings. The van der Waals surface area contributed by atoms with Crippen molar-refractivity contribution in [2.24, 2.45) is 4.99 Å². The summed E-state index contributed by atoms with van der Waals surface area (Å²) in [7, 11) is 0. The fraction of sp³-hybridized carbons (Fsp3) is 0.364. The molecular weight excluding hydrogens is 378 g/mol. The molecule has 8 heteroatoms. The summed E-state index contributed by atoms with van der Waals surface area (Å²) < 4.78 is 2.02. The summed E-state index contributed by atoms with van der Waals surface area (Å²) in [6.45, 7) is 11.3. The van der Waals surface area contributed by atoms with Crippen molar-refractivity contribution >= 4 is 29.3 Å². The van der Waals surface area contributed by atoms with Gasteiger partial charge in [0.15, 0.2) is 17.0 Å². The first kappa shape index (κ1) is 21.3. The van der Waals surface area contributed by atoms with E-state index in [0.29, 0.717) is 37.0 Å². The van der Waals surface area contributed by atoms with Crippen LogP contribution in [0.25, 0.3) is 11.2 Å². The van der Waals surface area contributed by atoms with Crippen LogP contribution in [0.5, 0.6) is 0 Å². The predicted molar refractivity (Wildman–Crippen MR) is 123 cm³/mol. The number of fused-ring (bicyclic) bond motifs is 1. The molecule has 0 aliphatic heterocycles. The van der Waals surface area contributed by atoms with E-state index in [4.69, 9.17) is 4.98 Å². The zero-order chi connectivity index (χ0) is 21.5. The van der Waals surface area contributed by atoms with E-state index in [9.17, 15) is 5.11 Å². The summed E-state index contributed by atoms with van der Waals surface area (Å²) in [4.78, 5) is 19.9. The first-order chi connectivity index (χ1) is 14.5. The van der Waals surface area contributed by atoms with E-state index in [1.54, 1.807) is 29.8 Å². The van der Waals surface area contributed by atoms with Crippen LogP contribution in [0.1, 0.15) is 39.7 Å². The van der Waals surface area contributed by atoms with Gasteiger partial charge in [0.25, 0.3) is 0 Å². The predicted octanol–water partition coefficient (Wildman–Crippen LogP) is 4.54. The van der Waals surface area contributed by atoms with Crippen LogP contribution >= 0.6 is 0 Å². The molecule has 0 fully saturated rings. The van der Waals surface area contributed by atoms with E-state index in [2.05, 4.69) is 40.7 Å². The van der Waals surface area contributed by atoms with E-state index in [0.717, 1.165) is 23.2 Å².